The molecule has 2 aromatic rings. The molecule has 0 aliphatic carbocycles. The zero-order valence-corrected chi connectivity index (χ0v) is 15.2. The first kappa shape index (κ1) is 19.4. The fourth-order valence-corrected chi connectivity index (χ4v) is 4.36. The Morgan fingerprint density at radius 3 is 2.36 bits per heavy atom. The molecule has 0 fully saturated rings. The van der Waals surface area contributed by atoms with Crippen LogP contribution in [0, 0.1) is 5.82 Å². The molecule has 0 saturated heterocycles. The van der Waals surface area contributed by atoms with E-state index in [-0.39, 0.29) is 11.6 Å². The molecule has 0 unspecified atom stereocenters. The SMILES string of the molecule is CC(C)N(Cc1ccccc1)S(=O)(=O)c1cc(Cl)cc(C(=O)O)c1F. The van der Waals surface area contributed by atoms with Gasteiger partial charge in [0, 0.05) is 17.6 Å². The summed E-state index contributed by atoms with van der Waals surface area (Å²) in [6, 6.07) is 10.2. The molecule has 5 nitrogen and oxygen atoms in total. The monoisotopic (exact) mass is 385 g/mol. The lowest BCUT2D eigenvalue weighted by atomic mass is 10.2. The number of aromatic carboxylic acids is 1. The Morgan fingerprint density at radius 1 is 1.24 bits per heavy atom. The Kier molecular flexibility index (Phi) is 5.82. The molecular formula is C17H17ClFNO4S. The lowest BCUT2D eigenvalue weighted by Crippen LogP contribution is -2.37. The molecule has 8 heteroatoms. The van der Waals surface area contributed by atoms with Gasteiger partial charge in [-0.2, -0.15) is 4.31 Å². The zero-order chi connectivity index (χ0) is 18.8. The fourth-order valence-electron chi connectivity index (χ4n) is 2.34. The third kappa shape index (κ3) is 4.18. The molecule has 25 heavy (non-hydrogen) atoms. The number of nitrogens with zero attached hydrogens (tertiary/aromatic N) is 1. The number of benzene rings is 2. The molecule has 2 rings (SSSR count). The van der Waals surface area contributed by atoms with Gasteiger partial charge in [-0.05, 0) is 31.5 Å². The van der Waals surface area contributed by atoms with Crippen molar-refractivity contribution < 1.29 is 22.7 Å². The molecule has 0 radical (unpaired) electrons. The minimum Gasteiger partial charge on any atom is -0.478 e. The lowest BCUT2D eigenvalue weighted by molar-refractivity contribution is 0.0691. The first-order valence-corrected chi connectivity index (χ1v) is 9.24. The molecule has 0 heterocycles. The molecule has 0 atom stereocenters. The number of halogens is 2. The fraction of sp³-hybridized carbons (Fsp3) is 0.235. The maximum absolute atomic E-state index is 14.5. The van der Waals surface area contributed by atoms with Gasteiger partial charge in [0.25, 0.3) is 0 Å². The van der Waals surface area contributed by atoms with E-state index < -0.39 is 38.3 Å². The summed E-state index contributed by atoms with van der Waals surface area (Å²) in [7, 11) is -4.30. The van der Waals surface area contributed by atoms with E-state index in [2.05, 4.69) is 0 Å². The molecule has 0 aromatic heterocycles. The van der Waals surface area contributed by atoms with Gasteiger partial charge < -0.3 is 5.11 Å². The average molecular weight is 386 g/mol. The van der Waals surface area contributed by atoms with Crippen LogP contribution in [0.25, 0.3) is 0 Å². The number of carboxylic acids is 1. The van der Waals surface area contributed by atoms with Crippen molar-refractivity contribution in [3.05, 3.63) is 64.4 Å². The predicted octanol–water partition coefficient (Wildman–Crippen LogP) is 3.78. The Bertz CT molecular complexity index is 885. The first-order chi connectivity index (χ1) is 11.6. The van der Waals surface area contributed by atoms with Crippen LogP contribution in [0.1, 0.15) is 29.8 Å². The van der Waals surface area contributed by atoms with Crippen molar-refractivity contribution in [3.8, 4) is 0 Å². The van der Waals surface area contributed by atoms with Crippen LogP contribution in [0.5, 0.6) is 0 Å². The summed E-state index contributed by atoms with van der Waals surface area (Å²) in [6.07, 6.45) is 0. The molecule has 134 valence electrons. The molecule has 1 N–H and O–H groups in total. The van der Waals surface area contributed by atoms with Crippen LogP contribution in [0.15, 0.2) is 47.4 Å². The number of hydrogen-bond acceptors (Lipinski definition) is 3. The van der Waals surface area contributed by atoms with Crippen molar-refractivity contribution >= 4 is 27.6 Å². The van der Waals surface area contributed by atoms with E-state index in [9.17, 15) is 17.6 Å². The van der Waals surface area contributed by atoms with E-state index in [0.29, 0.717) is 0 Å². The van der Waals surface area contributed by atoms with Crippen molar-refractivity contribution in [1.82, 2.24) is 4.31 Å². The minimum absolute atomic E-state index is 0.0230. The van der Waals surface area contributed by atoms with Gasteiger partial charge >= 0.3 is 5.97 Å². The standard InChI is InChI=1S/C17H17ClFNO4S/c1-11(2)20(10-12-6-4-3-5-7-12)25(23,24)15-9-13(18)8-14(16(15)19)17(21)22/h3-9,11H,10H2,1-2H3,(H,21,22). The highest BCUT2D eigenvalue weighted by Crippen LogP contribution is 2.28. The maximum Gasteiger partial charge on any atom is 0.338 e. The third-order valence-electron chi connectivity index (χ3n) is 3.58. The molecule has 0 saturated carbocycles. The third-order valence-corrected chi connectivity index (χ3v) is 5.82. The normalized spacial score (nSPS) is 11.9. The van der Waals surface area contributed by atoms with E-state index in [1.807, 2.05) is 0 Å². The maximum atomic E-state index is 14.5. The van der Waals surface area contributed by atoms with Crippen LogP contribution in [0.3, 0.4) is 0 Å². The van der Waals surface area contributed by atoms with E-state index in [1.165, 1.54) is 0 Å². The second kappa shape index (κ2) is 7.51. The molecular weight excluding hydrogens is 369 g/mol. The van der Waals surface area contributed by atoms with Gasteiger partial charge in [-0.3, -0.25) is 0 Å². The van der Waals surface area contributed by atoms with Crippen molar-refractivity contribution in [2.45, 2.75) is 31.3 Å². The number of carboxylic acid groups (broad SMARTS) is 1. The topological polar surface area (TPSA) is 74.7 Å². The van der Waals surface area contributed by atoms with Crippen LogP contribution in [0.4, 0.5) is 4.39 Å². The quantitative estimate of drug-likeness (QED) is 0.821. The Labute approximate surface area is 150 Å². The van der Waals surface area contributed by atoms with Crippen LogP contribution in [-0.2, 0) is 16.6 Å². The Morgan fingerprint density at radius 2 is 1.84 bits per heavy atom. The minimum atomic E-state index is -4.30. The summed E-state index contributed by atoms with van der Waals surface area (Å²) >= 11 is 5.80. The number of carbonyl (C=O) groups is 1. The van der Waals surface area contributed by atoms with Gasteiger partial charge in [-0.1, -0.05) is 41.9 Å². The largest absolute Gasteiger partial charge is 0.478 e. The molecule has 0 aliphatic rings. The molecule has 0 aliphatic heterocycles. The van der Waals surface area contributed by atoms with Crippen LogP contribution in [-0.4, -0.2) is 29.8 Å². The highest BCUT2D eigenvalue weighted by Gasteiger charge is 2.32. The van der Waals surface area contributed by atoms with Crippen LogP contribution >= 0.6 is 11.6 Å². The summed E-state index contributed by atoms with van der Waals surface area (Å²) in [5.74, 6) is -2.91. The van der Waals surface area contributed by atoms with Gasteiger partial charge in [-0.15, -0.1) is 0 Å². The van der Waals surface area contributed by atoms with Crippen molar-refractivity contribution in [2.75, 3.05) is 0 Å². The van der Waals surface area contributed by atoms with Crippen LogP contribution in [0.2, 0.25) is 5.02 Å². The number of rotatable bonds is 6. The van der Waals surface area contributed by atoms with E-state index >= 15 is 0 Å². The summed E-state index contributed by atoms with van der Waals surface area (Å²) in [5.41, 5.74) is -0.0600. The molecule has 0 amide bonds. The Hall–Kier alpha value is -1.96. The molecule has 0 bridgehead atoms. The van der Waals surface area contributed by atoms with Gasteiger partial charge in [0.05, 0.1) is 5.56 Å². The van der Waals surface area contributed by atoms with Gasteiger partial charge in [0.15, 0.2) is 5.82 Å². The Balaban J connectivity index is 2.56. The van der Waals surface area contributed by atoms with E-state index in [0.717, 1.165) is 22.0 Å². The lowest BCUT2D eigenvalue weighted by Gasteiger charge is -2.26. The summed E-state index contributed by atoms with van der Waals surface area (Å²) in [5, 5.41) is 8.89. The summed E-state index contributed by atoms with van der Waals surface area (Å²) < 4.78 is 41.5. The molecule has 2 aromatic carbocycles. The second-order valence-electron chi connectivity index (χ2n) is 5.70. The second-order valence-corrected chi connectivity index (χ2v) is 8.00. The first-order valence-electron chi connectivity index (χ1n) is 7.42. The van der Waals surface area contributed by atoms with Gasteiger partial charge in [-0.25, -0.2) is 17.6 Å². The van der Waals surface area contributed by atoms with Crippen molar-refractivity contribution in [3.63, 3.8) is 0 Å². The van der Waals surface area contributed by atoms with Gasteiger partial charge in [0.2, 0.25) is 10.0 Å². The highest BCUT2D eigenvalue weighted by atomic mass is 35.5. The number of hydrogen-bond donors (Lipinski definition) is 1. The highest BCUT2D eigenvalue weighted by molar-refractivity contribution is 7.89. The van der Waals surface area contributed by atoms with Crippen LogP contribution < -0.4 is 0 Å². The predicted molar refractivity (Wildman–Crippen MR) is 92.7 cm³/mol. The summed E-state index contributed by atoms with van der Waals surface area (Å²) in [6.45, 7) is 3.33. The zero-order valence-electron chi connectivity index (χ0n) is 13.6. The number of sulfonamides is 1. The van der Waals surface area contributed by atoms with E-state index in [4.69, 9.17) is 16.7 Å². The van der Waals surface area contributed by atoms with E-state index in [1.54, 1.807) is 44.2 Å². The molecule has 0 spiro atoms. The smallest absolute Gasteiger partial charge is 0.338 e. The van der Waals surface area contributed by atoms with Crippen molar-refractivity contribution in [2.24, 2.45) is 0 Å². The van der Waals surface area contributed by atoms with Crippen molar-refractivity contribution in [1.29, 1.82) is 0 Å². The average Bonchev–Trinajstić information content (AvgIpc) is 2.54. The summed E-state index contributed by atoms with van der Waals surface area (Å²) in [4.78, 5) is 10.4. The van der Waals surface area contributed by atoms with Gasteiger partial charge in [0.1, 0.15) is 4.90 Å².